The van der Waals surface area contributed by atoms with Crippen LogP contribution in [0.1, 0.15) is 17.3 Å². The van der Waals surface area contributed by atoms with Gasteiger partial charge in [-0.2, -0.15) is 0 Å². The summed E-state index contributed by atoms with van der Waals surface area (Å²) in [6, 6.07) is 6.44. The zero-order valence-electron chi connectivity index (χ0n) is 12.7. The first-order valence-electron chi connectivity index (χ1n) is 7.72. The molecule has 1 aliphatic heterocycles. The van der Waals surface area contributed by atoms with Gasteiger partial charge in [-0.25, -0.2) is 4.98 Å². The number of nitrogens with one attached hydrogen (secondary N) is 1. The van der Waals surface area contributed by atoms with E-state index in [4.69, 9.17) is 9.40 Å². The molecule has 1 atom stereocenters. The van der Waals surface area contributed by atoms with Gasteiger partial charge in [0.1, 0.15) is 11.3 Å². The third-order valence-electron chi connectivity index (χ3n) is 4.11. The Balaban J connectivity index is 1.52. The molecule has 6 heteroatoms. The Kier molecular flexibility index (Phi) is 4.19. The van der Waals surface area contributed by atoms with E-state index in [1.807, 2.05) is 24.5 Å². The molecule has 4 rings (SSSR count). The molecule has 1 fully saturated rings. The molecule has 0 aliphatic carbocycles. The molecule has 0 amide bonds. The van der Waals surface area contributed by atoms with Gasteiger partial charge in [0.05, 0.1) is 12.0 Å². The van der Waals surface area contributed by atoms with Crippen LogP contribution in [-0.2, 0) is 6.54 Å². The lowest BCUT2D eigenvalue weighted by Gasteiger charge is -2.35. The number of thiazole rings is 1. The highest BCUT2D eigenvalue weighted by Crippen LogP contribution is 2.27. The minimum absolute atomic E-state index is 0.344. The molecule has 3 aromatic heterocycles. The average Bonchev–Trinajstić information content (AvgIpc) is 3.27. The lowest BCUT2D eigenvalue weighted by Crippen LogP contribution is -2.45. The monoisotopic (exact) mass is 326 g/mol. The number of piperazine rings is 1. The van der Waals surface area contributed by atoms with Crippen LogP contribution in [0.3, 0.4) is 0 Å². The Morgan fingerprint density at radius 1 is 1.39 bits per heavy atom. The van der Waals surface area contributed by atoms with Gasteiger partial charge in [-0.05, 0) is 17.7 Å². The summed E-state index contributed by atoms with van der Waals surface area (Å²) < 4.78 is 5.14. The molecule has 0 saturated carbocycles. The van der Waals surface area contributed by atoms with Gasteiger partial charge in [0.15, 0.2) is 0 Å². The van der Waals surface area contributed by atoms with Gasteiger partial charge < -0.3 is 9.73 Å². The largest absolute Gasteiger partial charge is 0.472 e. The zero-order valence-corrected chi connectivity index (χ0v) is 13.5. The van der Waals surface area contributed by atoms with Crippen molar-refractivity contribution in [3.63, 3.8) is 0 Å². The predicted octanol–water partition coefficient (Wildman–Crippen LogP) is 2.94. The van der Waals surface area contributed by atoms with E-state index in [2.05, 4.69) is 26.6 Å². The normalized spacial score (nSPS) is 19.0. The first kappa shape index (κ1) is 14.6. The highest BCUT2D eigenvalue weighted by atomic mass is 32.1. The van der Waals surface area contributed by atoms with Crippen molar-refractivity contribution in [2.24, 2.45) is 0 Å². The maximum atomic E-state index is 5.14. The van der Waals surface area contributed by atoms with Crippen LogP contribution in [0.5, 0.6) is 0 Å². The van der Waals surface area contributed by atoms with Crippen molar-refractivity contribution in [1.29, 1.82) is 0 Å². The molecule has 4 heterocycles. The fourth-order valence-corrected chi connectivity index (χ4v) is 3.74. The summed E-state index contributed by atoms with van der Waals surface area (Å²) in [5.74, 6) is 0. The number of rotatable bonds is 4. The second kappa shape index (κ2) is 6.62. The van der Waals surface area contributed by atoms with Crippen LogP contribution in [0.2, 0.25) is 0 Å². The smallest absolute Gasteiger partial charge is 0.126 e. The molecule has 1 aliphatic rings. The molecular formula is C17H18N4OS. The van der Waals surface area contributed by atoms with E-state index in [0.29, 0.717) is 6.04 Å². The van der Waals surface area contributed by atoms with E-state index in [-0.39, 0.29) is 0 Å². The minimum Gasteiger partial charge on any atom is -0.472 e. The van der Waals surface area contributed by atoms with Crippen LogP contribution in [0, 0.1) is 0 Å². The highest BCUT2D eigenvalue weighted by molar-refractivity contribution is 7.13. The van der Waals surface area contributed by atoms with Gasteiger partial charge in [-0.15, -0.1) is 11.3 Å². The molecule has 118 valence electrons. The van der Waals surface area contributed by atoms with Crippen molar-refractivity contribution in [2.75, 3.05) is 19.6 Å². The highest BCUT2D eigenvalue weighted by Gasteiger charge is 2.24. The fraction of sp³-hybridized carbons (Fsp3) is 0.294. The van der Waals surface area contributed by atoms with E-state index in [9.17, 15) is 0 Å². The second-order valence-electron chi connectivity index (χ2n) is 5.63. The Bertz CT molecular complexity index is 741. The van der Waals surface area contributed by atoms with Crippen LogP contribution < -0.4 is 5.32 Å². The maximum absolute atomic E-state index is 5.14. The predicted molar refractivity (Wildman–Crippen MR) is 90.1 cm³/mol. The van der Waals surface area contributed by atoms with Crippen molar-refractivity contribution in [1.82, 2.24) is 20.2 Å². The first-order valence-corrected chi connectivity index (χ1v) is 8.60. The topological polar surface area (TPSA) is 54.2 Å². The second-order valence-corrected chi connectivity index (χ2v) is 6.49. The molecule has 23 heavy (non-hydrogen) atoms. The quantitative estimate of drug-likeness (QED) is 0.799. The zero-order chi connectivity index (χ0) is 15.5. The van der Waals surface area contributed by atoms with E-state index in [0.717, 1.165) is 42.4 Å². The molecule has 3 aromatic rings. The van der Waals surface area contributed by atoms with Crippen LogP contribution in [0.25, 0.3) is 10.6 Å². The minimum atomic E-state index is 0.344. The Morgan fingerprint density at radius 3 is 3.22 bits per heavy atom. The average molecular weight is 326 g/mol. The summed E-state index contributed by atoms with van der Waals surface area (Å²) in [6.45, 7) is 3.83. The molecule has 1 unspecified atom stereocenters. The van der Waals surface area contributed by atoms with Crippen molar-refractivity contribution < 1.29 is 4.42 Å². The SMILES string of the molecule is c1cncc(C2CNCCN2Cc2csc(-c3ccoc3)n2)c1. The van der Waals surface area contributed by atoms with Gasteiger partial charge >= 0.3 is 0 Å². The number of hydrogen-bond donors (Lipinski definition) is 1. The molecule has 1 N–H and O–H groups in total. The first-order chi connectivity index (χ1) is 11.4. The van der Waals surface area contributed by atoms with Crippen molar-refractivity contribution in [3.8, 4) is 10.6 Å². The molecule has 1 saturated heterocycles. The third kappa shape index (κ3) is 3.19. The maximum Gasteiger partial charge on any atom is 0.126 e. The van der Waals surface area contributed by atoms with Crippen LogP contribution in [0.4, 0.5) is 0 Å². The van der Waals surface area contributed by atoms with Gasteiger partial charge in [0.25, 0.3) is 0 Å². The molecular weight excluding hydrogens is 308 g/mol. The summed E-state index contributed by atoms with van der Waals surface area (Å²) in [6.07, 6.45) is 7.21. The summed E-state index contributed by atoms with van der Waals surface area (Å²) in [7, 11) is 0. The van der Waals surface area contributed by atoms with Gasteiger partial charge in [0.2, 0.25) is 0 Å². The summed E-state index contributed by atoms with van der Waals surface area (Å²) in [4.78, 5) is 11.5. The Morgan fingerprint density at radius 2 is 2.39 bits per heavy atom. The summed E-state index contributed by atoms with van der Waals surface area (Å²) >= 11 is 1.67. The molecule has 0 spiro atoms. The van der Waals surface area contributed by atoms with Gasteiger partial charge in [0, 0.05) is 55.6 Å². The lowest BCUT2D eigenvalue weighted by molar-refractivity contribution is 0.152. The number of furan rings is 1. The molecule has 5 nitrogen and oxygen atoms in total. The molecule has 0 aromatic carbocycles. The number of hydrogen-bond acceptors (Lipinski definition) is 6. The fourth-order valence-electron chi connectivity index (χ4n) is 2.94. The molecule has 0 bridgehead atoms. The Labute approximate surface area is 139 Å². The standard InChI is InChI=1S/C17H18N4OS/c1-2-13(8-18-4-1)16-9-19-5-6-21(16)10-15-12-23-17(20-15)14-3-7-22-11-14/h1-4,7-8,11-12,16,19H,5-6,9-10H2. The number of aromatic nitrogens is 2. The summed E-state index contributed by atoms with van der Waals surface area (Å²) in [5.41, 5.74) is 3.41. The van der Waals surface area contributed by atoms with Gasteiger partial charge in [-0.1, -0.05) is 6.07 Å². The van der Waals surface area contributed by atoms with E-state index >= 15 is 0 Å². The van der Waals surface area contributed by atoms with Crippen LogP contribution >= 0.6 is 11.3 Å². The molecule has 0 radical (unpaired) electrons. The Hall–Kier alpha value is -2.02. The number of nitrogens with zero attached hydrogens (tertiary/aromatic N) is 3. The third-order valence-corrected chi connectivity index (χ3v) is 5.05. The number of pyridine rings is 1. The van der Waals surface area contributed by atoms with Crippen molar-refractivity contribution in [3.05, 3.63) is 59.8 Å². The van der Waals surface area contributed by atoms with Gasteiger partial charge in [-0.3, -0.25) is 9.88 Å². The van der Waals surface area contributed by atoms with Crippen molar-refractivity contribution in [2.45, 2.75) is 12.6 Å². The lowest BCUT2D eigenvalue weighted by atomic mass is 10.1. The van der Waals surface area contributed by atoms with Crippen LogP contribution in [-0.4, -0.2) is 34.5 Å². The van der Waals surface area contributed by atoms with E-state index in [1.165, 1.54) is 5.56 Å². The van der Waals surface area contributed by atoms with Crippen LogP contribution in [0.15, 0.2) is 52.9 Å². The summed E-state index contributed by atoms with van der Waals surface area (Å²) in [5, 5.41) is 6.64. The van der Waals surface area contributed by atoms with E-state index < -0.39 is 0 Å². The van der Waals surface area contributed by atoms with Crippen molar-refractivity contribution >= 4 is 11.3 Å². The van der Waals surface area contributed by atoms with E-state index in [1.54, 1.807) is 23.9 Å².